The summed E-state index contributed by atoms with van der Waals surface area (Å²) in [5.41, 5.74) is 0.0679. The molecule has 0 spiro atoms. The minimum Gasteiger partial charge on any atom is -0.351 e. The maximum Gasteiger partial charge on any atom is 0.106 e. The van der Waals surface area contributed by atoms with Crippen molar-refractivity contribution in [2.75, 3.05) is 0 Å². The lowest BCUT2D eigenvalue weighted by atomic mass is 9.95. The summed E-state index contributed by atoms with van der Waals surface area (Å²) in [6, 6.07) is 0.326. The van der Waals surface area contributed by atoms with E-state index < -0.39 is 0 Å². The fourth-order valence-electron chi connectivity index (χ4n) is 0.802. The van der Waals surface area contributed by atoms with E-state index in [0.717, 1.165) is 5.84 Å². The summed E-state index contributed by atoms with van der Waals surface area (Å²) in [5, 5.41) is 3.07. The third-order valence-corrected chi connectivity index (χ3v) is 1.34. The number of hydrogen-bond donors (Lipinski definition) is 1. The zero-order chi connectivity index (χ0) is 9.78. The first-order chi connectivity index (χ1) is 5.38. The normalized spacial score (nSPS) is 13.3. The Bertz CT molecular complexity index is 173. The number of nitrogens with zero attached hydrogens (tertiary/aromatic N) is 1. The lowest BCUT2D eigenvalue weighted by molar-refractivity contribution is 0.566. The van der Waals surface area contributed by atoms with Gasteiger partial charge in [0.15, 0.2) is 0 Å². The minimum atomic E-state index is 0.0679. The van der Waals surface area contributed by atoms with E-state index >= 15 is 0 Å². The fourth-order valence-corrected chi connectivity index (χ4v) is 0.802. The van der Waals surface area contributed by atoms with Crippen LogP contribution in [0.5, 0.6) is 0 Å². The molecule has 2 heteroatoms. The van der Waals surface area contributed by atoms with Crippen molar-refractivity contribution < 1.29 is 0 Å². The summed E-state index contributed by atoms with van der Waals surface area (Å²) in [6.45, 7) is 14.2. The molecule has 0 aliphatic carbocycles. The quantitative estimate of drug-likeness (QED) is 0.497. The van der Waals surface area contributed by atoms with Crippen molar-refractivity contribution in [3.05, 3.63) is 12.8 Å². The third-order valence-electron chi connectivity index (χ3n) is 1.34. The van der Waals surface area contributed by atoms with Gasteiger partial charge in [0.1, 0.15) is 5.84 Å². The van der Waals surface area contributed by atoms with E-state index in [2.05, 4.69) is 51.5 Å². The van der Waals surface area contributed by atoms with Crippen LogP contribution < -0.4 is 5.32 Å². The Labute approximate surface area is 75.8 Å². The number of nitrogens with one attached hydrogen (secondary N) is 1. The smallest absolute Gasteiger partial charge is 0.106 e. The molecule has 0 radical (unpaired) electrons. The van der Waals surface area contributed by atoms with Gasteiger partial charge in [-0.2, -0.15) is 0 Å². The largest absolute Gasteiger partial charge is 0.351 e. The Kier molecular flexibility index (Phi) is 4.01. The van der Waals surface area contributed by atoms with Crippen molar-refractivity contribution in [3.8, 4) is 0 Å². The molecule has 12 heavy (non-hydrogen) atoms. The second kappa shape index (κ2) is 4.29. The molecular formula is C10H20N2. The molecule has 0 amide bonds. The summed E-state index contributed by atoms with van der Waals surface area (Å²) in [6.07, 6.45) is 1.67. The Hall–Kier alpha value is -0.790. The SMILES string of the molecule is C=CNC(=NC(C)C)C(C)(C)C. The summed E-state index contributed by atoms with van der Waals surface area (Å²) in [4.78, 5) is 4.47. The Morgan fingerprint density at radius 1 is 1.42 bits per heavy atom. The number of aliphatic imine (C=N–C) groups is 1. The van der Waals surface area contributed by atoms with Crippen LogP contribution in [-0.2, 0) is 0 Å². The first-order valence-corrected chi connectivity index (χ1v) is 4.33. The molecule has 0 aromatic heterocycles. The number of amidine groups is 1. The van der Waals surface area contributed by atoms with Gasteiger partial charge in [0.05, 0.1) is 0 Å². The summed E-state index contributed by atoms with van der Waals surface area (Å²) < 4.78 is 0. The minimum absolute atomic E-state index is 0.0679. The van der Waals surface area contributed by atoms with Crippen molar-refractivity contribution in [2.45, 2.75) is 40.7 Å². The molecule has 0 unspecified atom stereocenters. The highest BCUT2D eigenvalue weighted by molar-refractivity contribution is 5.87. The van der Waals surface area contributed by atoms with Crippen LogP contribution in [0.3, 0.4) is 0 Å². The molecule has 0 bridgehead atoms. The van der Waals surface area contributed by atoms with Gasteiger partial charge in [0.25, 0.3) is 0 Å². The standard InChI is InChI=1S/C10H20N2/c1-7-11-9(10(4,5)6)12-8(2)3/h7-8H,1H2,2-6H3,(H,11,12). The molecule has 0 saturated carbocycles. The molecule has 0 aromatic carbocycles. The molecule has 0 atom stereocenters. The molecule has 2 nitrogen and oxygen atoms in total. The first-order valence-electron chi connectivity index (χ1n) is 4.33. The van der Waals surface area contributed by atoms with Crippen molar-refractivity contribution in [2.24, 2.45) is 10.4 Å². The molecule has 70 valence electrons. The molecular weight excluding hydrogens is 148 g/mol. The van der Waals surface area contributed by atoms with Crippen LogP contribution in [0.25, 0.3) is 0 Å². The van der Waals surface area contributed by atoms with Gasteiger partial charge in [0.2, 0.25) is 0 Å². The molecule has 0 aliphatic heterocycles. The topological polar surface area (TPSA) is 24.4 Å². The lowest BCUT2D eigenvalue weighted by Crippen LogP contribution is -2.32. The molecule has 0 rings (SSSR count). The predicted octanol–water partition coefficient (Wildman–Crippen LogP) is 2.57. The van der Waals surface area contributed by atoms with Gasteiger partial charge in [-0.15, -0.1) is 0 Å². The van der Waals surface area contributed by atoms with Crippen molar-refractivity contribution in [1.82, 2.24) is 5.32 Å². The molecule has 0 saturated heterocycles. The Morgan fingerprint density at radius 2 is 1.92 bits per heavy atom. The zero-order valence-electron chi connectivity index (χ0n) is 8.81. The first kappa shape index (κ1) is 11.2. The molecule has 0 aliphatic rings. The predicted molar refractivity (Wildman–Crippen MR) is 55.4 cm³/mol. The van der Waals surface area contributed by atoms with E-state index in [1.165, 1.54) is 0 Å². The van der Waals surface area contributed by atoms with Gasteiger partial charge in [-0.05, 0) is 20.0 Å². The van der Waals surface area contributed by atoms with Gasteiger partial charge < -0.3 is 5.32 Å². The molecule has 1 N–H and O–H groups in total. The van der Waals surface area contributed by atoms with Crippen molar-refractivity contribution >= 4 is 5.84 Å². The Morgan fingerprint density at radius 3 is 2.17 bits per heavy atom. The van der Waals surface area contributed by atoms with E-state index in [0.29, 0.717) is 6.04 Å². The van der Waals surface area contributed by atoms with Crippen LogP contribution in [0, 0.1) is 5.41 Å². The monoisotopic (exact) mass is 168 g/mol. The van der Waals surface area contributed by atoms with Gasteiger partial charge in [0, 0.05) is 11.5 Å². The van der Waals surface area contributed by atoms with E-state index in [9.17, 15) is 0 Å². The molecule has 0 fully saturated rings. The van der Waals surface area contributed by atoms with Crippen LogP contribution in [0.2, 0.25) is 0 Å². The highest BCUT2D eigenvalue weighted by Crippen LogP contribution is 2.15. The second-order valence-electron chi connectivity index (χ2n) is 4.17. The molecule has 0 heterocycles. The van der Waals surface area contributed by atoms with Crippen molar-refractivity contribution in [1.29, 1.82) is 0 Å². The van der Waals surface area contributed by atoms with Crippen LogP contribution in [0.1, 0.15) is 34.6 Å². The van der Waals surface area contributed by atoms with Crippen LogP contribution >= 0.6 is 0 Å². The van der Waals surface area contributed by atoms with Crippen LogP contribution in [0.4, 0.5) is 0 Å². The summed E-state index contributed by atoms with van der Waals surface area (Å²) in [7, 11) is 0. The van der Waals surface area contributed by atoms with Crippen LogP contribution in [-0.4, -0.2) is 11.9 Å². The zero-order valence-corrected chi connectivity index (χ0v) is 8.81. The fraction of sp³-hybridized carbons (Fsp3) is 0.700. The third kappa shape index (κ3) is 4.16. The maximum atomic E-state index is 4.47. The second-order valence-corrected chi connectivity index (χ2v) is 4.17. The van der Waals surface area contributed by atoms with E-state index in [-0.39, 0.29) is 5.41 Å². The summed E-state index contributed by atoms with van der Waals surface area (Å²) in [5.74, 6) is 0.993. The van der Waals surface area contributed by atoms with E-state index in [1.54, 1.807) is 6.20 Å². The highest BCUT2D eigenvalue weighted by Gasteiger charge is 2.17. The van der Waals surface area contributed by atoms with Gasteiger partial charge >= 0.3 is 0 Å². The van der Waals surface area contributed by atoms with Gasteiger partial charge in [-0.25, -0.2) is 0 Å². The number of hydrogen-bond acceptors (Lipinski definition) is 1. The highest BCUT2D eigenvalue weighted by atomic mass is 15.0. The Balaban J connectivity index is 4.54. The molecule has 0 aromatic rings. The summed E-state index contributed by atoms with van der Waals surface area (Å²) >= 11 is 0. The van der Waals surface area contributed by atoms with Crippen LogP contribution in [0.15, 0.2) is 17.8 Å². The average molecular weight is 168 g/mol. The number of rotatable bonds is 2. The van der Waals surface area contributed by atoms with Gasteiger partial charge in [-0.3, -0.25) is 4.99 Å². The van der Waals surface area contributed by atoms with Crippen molar-refractivity contribution in [3.63, 3.8) is 0 Å². The average Bonchev–Trinajstić information content (AvgIpc) is 1.83. The van der Waals surface area contributed by atoms with E-state index in [4.69, 9.17) is 0 Å². The van der Waals surface area contributed by atoms with Gasteiger partial charge in [-0.1, -0.05) is 27.4 Å². The van der Waals surface area contributed by atoms with E-state index in [1.807, 2.05) is 0 Å². The maximum absolute atomic E-state index is 4.47. The lowest BCUT2D eigenvalue weighted by Gasteiger charge is -2.22.